The van der Waals surface area contributed by atoms with E-state index in [1.165, 1.54) is 11.3 Å². The first-order valence-electron chi connectivity index (χ1n) is 6.21. The Balaban J connectivity index is 2.09. The lowest BCUT2D eigenvalue weighted by atomic mass is 10.0. The smallest absolute Gasteiger partial charge is 0.0949 e. The van der Waals surface area contributed by atoms with E-state index in [1.54, 1.807) is 0 Å². The summed E-state index contributed by atoms with van der Waals surface area (Å²) in [5, 5.41) is 7.60. The maximum absolute atomic E-state index is 4.29. The van der Waals surface area contributed by atoms with Crippen molar-refractivity contribution in [3.05, 3.63) is 36.2 Å². The fourth-order valence-corrected chi connectivity index (χ4v) is 1.95. The molecule has 0 radical (unpaired) electrons. The van der Waals surface area contributed by atoms with Gasteiger partial charge in [0.25, 0.3) is 0 Å². The normalized spacial score (nSPS) is 12.0. The minimum absolute atomic E-state index is 0.0729. The maximum Gasteiger partial charge on any atom is 0.0949 e. The van der Waals surface area contributed by atoms with Crippen molar-refractivity contribution in [3.8, 4) is 0 Å². The topological polar surface area (TPSA) is 47.7 Å². The monoisotopic (exact) mass is 247 g/mol. The van der Waals surface area contributed by atoms with Gasteiger partial charge in [-0.05, 0) is 33.4 Å². The molecule has 5 heteroatoms. The van der Waals surface area contributed by atoms with Crippen molar-refractivity contribution in [2.45, 2.75) is 39.4 Å². The molecular weight excluding hydrogens is 226 g/mol. The van der Waals surface area contributed by atoms with Gasteiger partial charge in [0.15, 0.2) is 0 Å². The fraction of sp³-hybridized carbons (Fsp3) is 0.538. The van der Waals surface area contributed by atoms with E-state index in [4.69, 9.17) is 0 Å². The van der Waals surface area contributed by atoms with Gasteiger partial charge < -0.3 is 9.88 Å². The van der Waals surface area contributed by atoms with Crippen LogP contribution < -0.4 is 5.32 Å². The molecule has 1 N–H and O–H groups in total. The lowest BCUT2D eigenvalue weighted by Gasteiger charge is -2.25. The second kappa shape index (κ2) is 4.94. The van der Waals surface area contributed by atoms with E-state index in [0.29, 0.717) is 0 Å². The first-order valence-corrected chi connectivity index (χ1v) is 6.21. The van der Waals surface area contributed by atoms with Crippen LogP contribution in [0.1, 0.15) is 25.1 Å². The average molecular weight is 247 g/mol. The predicted octanol–water partition coefficient (Wildman–Crippen LogP) is 1.54. The van der Waals surface area contributed by atoms with Crippen LogP contribution in [0.3, 0.4) is 0 Å². The lowest BCUT2D eigenvalue weighted by Crippen LogP contribution is -2.35. The van der Waals surface area contributed by atoms with Crippen LogP contribution in [0.25, 0.3) is 0 Å². The molecule has 2 heterocycles. The first kappa shape index (κ1) is 12.8. The number of nitrogens with zero attached hydrogens (tertiary/aromatic N) is 4. The number of aromatic nitrogens is 4. The Kier molecular flexibility index (Phi) is 3.52. The number of rotatable bonds is 5. The molecular formula is C13H21N5. The highest BCUT2D eigenvalue weighted by Crippen LogP contribution is 2.18. The van der Waals surface area contributed by atoms with Crippen molar-refractivity contribution in [1.29, 1.82) is 0 Å². The molecule has 2 rings (SSSR count). The number of nitrogens with one attached hydrogen (secondary N) is 1. The highest BCUT2D eigenvalue weighted by molar-refractivity contribution is 5.10. The Morgan fingerprint density at radius 1 is 1.28 bits per heavy atom. The summed E-state index contributed by atoms with van der Waals surface area (Å²) in [7, 11) is 1.97. The summed E-state index contributed by atoms with van der Waals surface area (Å²) < 4.78 is 4.14. The summed E-state index contributed by atoms with van der Waals surface area (Å²) in [6.45, 7) is 8.09. The van der Waals surface area contributed by atoms with Crippen LogP contribution >= 0.6 is 0 Å². The van der Waals surface area contributed by atoms with Gasteiger partial charge in [0.05, 0.1) is 30.3 Å². The molecule has 0 aliphatic carbocycles. The molecule has 98 valence electrons. The third-order valence-electron chi connectivity index (χ3n) is 3.31. The largest absolute Gasteiger partial charge is 0.331 e. The van der Waals surface area contributed by atoms with Gasteiger partial charge in [0, 0.05) is 18.9 Å². The third kappa shape index (κ3) is 2.61. The van der Waals surface area contributed by atoms with Gasteiger partial charge in [-0.25, -0.2) is 4.98 Å². The number of aryl methyl sites for hydroxylation is 3. The summed E-state index contributed by atoms with van der Waals surface area (Å²) in [5.74, 6) is 0. The molecule has 0 spiro atoms. The van der Waals surface area contributed by atoms with Crippen molar-refractivity contribution < 1.29 is 0 Å². The van der Waals surface area contributed by atoms with Crippen molar-refractivity contribution >= 4 is 0 Å². The van der Waals surface area contributed by atoms with Crippen LogP contribution in [0.2, 0.25) is 0 Å². The van der Waals surface area contributed by atoms with E-state index >= 15 is 0 Å². The van der Waals surface area contributed by atoms with Gasteiger partial charge in [-0.3, -0.25) is 4.68 Å². The molecule has 0 bridgehead atoms. The van der Waals surface area contributed by atoms with Gasteiger partial charge in [-0.15, -0.1) is 0 Å². The second-order valence-corrected chi connectivity index (χ2v) is 5.13. The molecule has 18 heavy (non-hydrogen) atoms. The van der Waals surface area contributed by atoms with Crippen LogP contribution in [0.5, 0.6) is 0 Å². The highest BCUT2D eigenvalue weighted by atomic mass is 15.3. The summed E-state index contributed by atoms with van der Waals surface area (Å²) in [6, 6.07) is 0. The first-order chi connectivity index (χ1) is 8.53. The van der Waals surface area contributed by atoms with Crippen LogP contribution in [-0.4, -0.2) is 26.4 Å². The standard InChI is InChI=1S/C13H21N5/c1-11-7-16-18(9-11)6-5-17-10-15-8-12(17)13(2,3)14-4/h7-10,14H,5-6H2,1-4H3. The van der Waals surface area contributed by atoms with E-state index in [1.807, 2.05) is 30.5 Å². The van der Waals surface area contributed by atoms with E-state index < -0.39 is 0 Å². The van der Waals surface area contributed by atoms with Gasteiger partial charge >= 0.3 is 0 Å². The molecule has 0 aromatic carbocycles. The Labute approximate surface area is 108 Å². The summed E-state index contributed by atoms with van der Waals surface area (Å²) in [5.41, 5.74) is 2.31. The van der Waals surface area contributed by atoms with Crippen LogP contribution in [0.15, 0.2) is 24.9 Å². The molecule has 2 aromatic rings. The van der Waals surface area contributed by atoms with Gasteiger partial charge in [-0.1, -0.05) is 0 Å². The van der Waals surface area contributed by atoms with Crippen LogP contribution in [0, 0.1) is 6.92 Å². The summed E-state index contributed by atoms with van der Waals surface area (Å²) >= 11 is 0. The van der Waals surface area contributed by atoms with Crippen molar-refractivity contribution in [2.24, 2.45) is 0 Å². The summed E-state index contributed by atoms with van der Waals surface area (Å²) in [4.78, 5) is 4.25. The van der Waals surface area contributed by atoms with Crippen molar-refractivity contribution in [2.75, 3.05) is 7.05 Å². The van der Waals surface area contributed by atoms with Crippen molar-refractivity contribution in [3.63, 3.8) is 0 Å². The maximum atomic E-state index is 4.29. The van der Waals surface area contributed by atoms with E-state index in [0.717, 1.165) is 13.1 Å². The minimum atomic E-state index is -0.0729. The number of hydrogen-bond donors (Lipinski definition) is 1. The van der Waals surface area contributed by atoms with E-state index in [2.05, 4.69) is 46.9 Å². The molecule has 0 atom stereocenters. The number of imidazole rings is 1. The van der Waals surface area contributed by atoms with E-state index in [-0.39, 0.29) is 5.54 Å². The molecule has 0 amide bonds. The lowest BCUT2D eigenvalue weighted by molar-refractivity contribution is 0.399. The molecule has 5 nitrogen and oxygen atoms in total. The van der Waals surface area contributed by atoms with Crippen molar-refractivity contribution in [1.82, 2.24) is 24.6 Å². The molecule has 0 unspecified atom stereocenters. The Morgan fingerprint density at radius 2 is 2.06 bits per heavy atom. The summed E-state index contributed by atoms with van der Waals surface area (Å²) in [6.07, 6.45) is 7.74. The molecule has 0 fully saturated rings. The molecule has 2 aromatic heterocycles. The zero-order valence-electron chi connectivity index (χ0n) is 11.5. The SMILES string of the molecule is CNC(C)(C)c1cncn1CCn1cc(C)cn1. The van der Waals surface area contributed by atoms with E-state index in [9.17, 15) is 0 Å². The Bertz CT molecular complexity index is 509. The molecule has 0 saturated heterocycles. The molecule has 0 aliphatic rings. The quantitative estimate of drug-likeness (QED) is 0.872. The minimum Gasteiger partial charge on any atom is -0.331 e. The molecule has 0 saturated carbocycles. The zero-order valence-corrected chi connectivity index (χ0v) is 11.5. The second-order valence-electron chi connectivity index (χ2n) is 5.13. The zero-order chi connectivity index (χ0) is 13.2. The highest BCUT2D eigenvalue weighted by Gasteiger charge is 2.21. The van der Waals surface area contributed by atoms with Gasteiger partial charge in [0.2, 0.25) is 0 Å². The van der Waals surface area contributed by atoms with Crippen LogP contribution in [-0.2, 0) is 18.6 Å². The average Bonchev–Trinajstić information content (AvgIpc) is 2.95. The predicted molar refractivity (Wildman–Crippen MR) is 71.3 cm³/mol. The van der Waals surface area contributed by atoms with Gasteiger partial charge in [0.1, 0.15) is 0 Å². The Hall–Kier alpha value is -1.62. The fourth-order valence-electron chi connectivity index (χ4n) is 1.95. The molecule has 0 aliphatic heterocycles. The number of hydrogen-bond acceptors (Lipinski definition) is 3. The third-order valence-corrected chi connectivity index (χ3v) is 3.31. The van der Waals surface area contributed by atoms with Gasteiger partial charge in [-0.2, -0.15) is 5.10 Å². The van der Waals surface area contributed by atoms with Crippen LogP contribution in [0.4, 0.5) is 0 Å². The Morgan fingerprint density at radius 3 is 2.67 bits per heavy atom.